The summed E-state index contributed by atoms with van der Waals surface area (Å²) in [5.41, 5.74) is 8.46. The number of hydrogen-bond acceptors (Lipinski definition) is 3. The molecule has 1 aromatic rings. The molecular weight excluding hydrogens is 276 g/mol. The van der Waals surface area contributed by atoms with E-state index >= 15 is 0 Å². The molecule has 120 valence electrons. The predicted molar refractivity (Wildman–Crippen MR) is 86.7 cm³/mol. The molecule has 3 rings (SSSR count). The molecule has 0 aliphatic heterocycles. The lowest BCUT2D eigenvalue weighted by atomic mass is 9.84. The van der Waals surface area contributed by atoms with Crippen molar-refractivity contribution in [2.75, 3.05) is 13.2 Å². The van der Waals surface area contributed by atoms with E-state index in [1.54, 1.807) is 0 Å². The third kappa shape index (κ3) is 2.84. The average Bonchev–Trinajstić information content (AvgIpc) is 3.06. The lowest BCUT2D eigenvalue weighted by Gasteiger charge is -2.27. The van der Waals surface area contributed by atoms with Gasteiger partial charge in [-0.1, -0.05) is 18.2 Å². The molecule has 1 aromatic carbocycles. The molecule has 4 unspecified atom stereocenters. The maximum atomic E-state index is 12.3. The standard InChI is InChI=1S/C18H26N2O2/c1-11-4-3-5-12(2)17(11)22-9-8-20-18(21)15-13-6-7-14(10-13)16(15)19/h3-5,13-16H,6-10,19H2,1-2H3,(H,20,21). The topological polar surface area (TPSA) is 64.3 Å². The van der Waals surface area contributed by atoms with Gasteiger partial charge in [0.25, 0.3) is 0 Å². The molecule has 0 spiro atoms. The summed E-state index contributed by atoms with van der Waals surface area (Å²) in [6, 6.07) is 6.15. The first-order valence-electron chi connectivity index (χ1n) is 8.30. The molecule has 0 aromatic heterocycles. The van der Waals surface area contributed by atoms with Gasteiger partial charge in [0.05, 0.1) is 12.5 Å². The minimum Gasteiger partial charge on any atom is -0.491 e. The summed E-state index contributed by atoms with van der Waals surface area (Å²) in [7, 11) is 0. The van der Waals surface area contributed by atoms with E-state index in [2.05, 4.69) is 5.32 Å². The molecule has 0 heterocycles. The van der Waals surface area contributed by atoms with Crippen molar-refractivity contribution >= 4 is 5.91 Å². The summed E-state index contributed by atoms with van der Waals surface area (Å²) in [4.78, 5) is 12.3. The van der Waals surface area contributed by atoms with E-state index in [-0.39, 0.29) is 17.9 Å². The molecule has 2 bridgehead atoms. The van der Waals surface area contributed by atoms with Crippen LogP contribution in [0.4, 0.5) is 0 Å². The third-order valence-corrected chi connectivity index (χ3v) is 5.34. The molecule has 3 N–H and O–H groups in total. The molecule has 0 saturated heterocycles. The number of benzene rings is 1. The quantitative estimate of drug-likeness (QED) is 0.819. The van der Waals surface area contributed by atoms with Crippen molar-refractivity contribution in [2.45, 2.75) is 39.2 Å². The molecule has 4 nitrogen and oxygen atoms in total. The van der Waals surface area contributed by atoms with Gasteiger partial charge >= 0.3 is 0 Å². The van der Waals surface area contributed by atoms with Crippen molar-refractivity contribution in [2.24, 2.45) is 23.5 Å². The molecule has 0 radical (unpaired) electrons. The normalized spacial score (nSPS) is 29.6. The van der Waals surface area contributed by atoms with Crippen LogP contribution in [0.3, 0.4) is 0 Å². The van der Waals surface area contributed by atoms with E-state index in [0.717, 1.165) is 29.7 Å². The van der Waals surface area contributed by atoms with Crippen molar-refractivity contribution in [3.05, 3.63) is 29.3 Å². The molecule has 22 heavy (non-hydrogen) atoms. The van der Waals surface area contributed by atoms with E-state index in [4.69, 9.17) is 10.5 Å². The summed E-state index contributed by atoms with van der Waals surface area (Å²) in [5, 5.41) is 3.01. The number of hydrogen-bond donors (Lipinski definition) is 2. The molecule has 4 atom stereocenters. The number of aryl methyl sites for hydroxylation is 2. The van der Waals surface area contributed by atoms with E-state index in [0.29, 0.717) is 25.0 Å². The lowest BCUT2D eigenvalue weighted by molar-refractivity contribution is -0.127. The molecule has 2 saturated carbocycles. The summed E-state index contributed by atoms with van der Waals surface area (Å²) in [6.45, 7) is 5.10. The van der Waals surface area contributed by atoms with Gasteiger partial charge < -0.3 is 15.8 Å². The Bertz CT molecular complexity index is 536. The Morgan fingerprint density at radius 2 is 1.95 bits per heavy atom. The number of ether oxygens (including phenoxy) is 1. The monoisotopic (exact) mass is 302 g/mol. The highest BCUT2D eigenvalue weighted by molar-refractivity contribution is 5.80. The Morgan fingerprint density at radius 3 is 2.59 bits per heavy atom. The predicted octanol–water partition coefficient (Wildman–Crippen LogP) is 2.17. The molecule has 2 aliphatic rings. The highest BCUT2D eigenvalue weighted by Crippen LogP contribution is 2.47. The van der Waals surface area contributed by atoms with Gasteiger partial charge in [-0.25, -0.2) is 0 Å². The van der Waals surface area contributed by atoms with Crippen LogP contribution in [0.1, 0.15) is 30.4 Å². The Kier molecular flexibility index (Phi) is 4.39. The van der Waals surface area contributed by atoms with Gasteiger partial charge in [0.1, 0.15) is 12.4 Å². The number of nitrogens with two attached hydrogens (primary N) is 1. The second-order valence-electron chi connectivity index (χ2n) is 6.80. The van der Waals surface area contributed by atoms with Crippen LogP contribution >= 0.6 is 0 Å². The first kappa shape index (κ1) is 15.3. The first-order chi connectivity index (χ1) is 10.6. The minimum absolute atomic E-state index is 0.0129. The zero-order chi connectivity index (χ0) is 15.7. The average molecular weight is 302 g/mol. The Labute approximate surface area is 132 Å². The zero-order valence-electron chi connectivity index (χ0n) is 13.5. The number of amides is 1. The number of nitrogens with one attached hydrogen (secondary N) is 1. The van der Waals surface area contributed by atoms with Crippen LogP contribution in [-0.4, -0.2) is 25.1 Å². The van der Waals surface area contributed by atoms with Crippen molar-refractivity contribution < 1.29 is 9.53 Å². The van der Waals surface area contributed by atoms with Crippen molar-refractivity contribution in [1.82, 2.24) is 5.32 Å². The summed E-state index contributed by atoms with van der Waals surface area (Å²) in [5.74, 6) is 2.11. The largest absolute Gasteiger partial charge is 0.491 e. The SMILES string of the molecule is Cc1cccc(C)c1OCCNC(=O)C1C2CCC(C2)C1N. The van der Waals surface area contributed by atoms with E-state index in [1.807, 2.05) is 32.0 Å². The maximum absolute atomic E-state index is 12.3. The van der Waals surface area contributed by atoms with Crippen molar-refractivity contribution in [3.63, 3.8) is 0 Å². The van der Waals surface area contributed by atoms with Crippen LogP contribution in [0.25, 0.3) is 0 Å². The Morgan fingerprint density at radius 1 is 1.27 bits per heavy atom. The van der Waals surface area contributed by atoms with Crippen LogP contribution in [0, 0.1) is 31.6 Å². The number of carbonyl (C=O) groups excluding carboxylic acids is 1. The van der Waals surface area contributed by atoms with Gasteiger partial charge in [0, 0.05) is 6.04 Å². The molecule has 2 fully saturated rings. The smallest absolute Gasteiger partial charge is 0.225 e. The fourth-order valence-electron chi connectivity index (χ4n) is 4.20. The molecule has 4 heteroatoms. The summed E-state index contributed by atoms with van der Waals surface area (Å²) >= 11 is 0. The van der Waals surface area contributed by atoms with Crippen LogP contribution in [0.2, 0.25) is 0 Å². The van der Waals surface area contributed by atoms with Gasteiger partial charge in [0.2, 0.25) is 5.91 Å². The molecule has 2 aliphatic carbocycles. The van der Waals surface area contributed by atoms with Crippen molar-refractivity contribution in [3.8, 4) is 5.75 Å². The van der Waals surface area contributed by atoms with Gasteiger partial charge in [-0.2, -0.15) is 0 Å². The van der Waals surface area contributed by atoms with Crippen LogP contribution in [0.5, 0.6) is 5.75 Å². The number of fused-ring (bicyclic) bond motifs is 2. The third-order valence-electron chi connectivity index (χ3n) is 5.34. The van der Waals surface area contributed by atoms with Gasteiger partial charge in [-0.05, 0) is 56.1 Å². The van der Waals surface area contributed by atoms with Crippen LogP contribution in [-0.2, 0) is 4.79 Å². The number of rotatable bonds is 5. The highest BCUT2D eigenvalue weighted by Gasteiger charge is 2.48. The molecular formula is C18H26N2O2. The number of para-hydroxylation sites is 1. The summed E-state index contributed by atoms with van der Waals surface area (Å²) < 4.78 is 5.82. The Balaban J connectivity index is 1.46. The van der Waals surface area contributed by atoms with E-state index < -0.39 is 0 Å². The van der Waals surface area contributed by atoms with E-state index in [1.165, 1.54) is 6.42 Å². The van der Waals surface area contributed by atoms with Crippen molar-refractivity contribution in [1.29, 1.82) is 0 Å². The van der Waals surface area contributed by atoms with Gasteiger partial charge in [-0.3, -0.25) is 4.79 Å². The molecule has 1 amide bonds. The summed E-state index contributed by atoms with van der Waals surface area (Å²) in [6.07, 6.45) is 3.50. The van der Waals surface area contributed by atoms with Gasteiger partial charge in [0.15, 0.2) is 0 Å². The van der Waals surface area contributed by atoms with Crippen LogP contribution in [0.15, 0.2) is 18.2 Å². The fraction of sp³-hybridized carbons (Fsp3) is 0.611. The fourth-order valence-corrected chi connectivity index (χ4v) is 4.20. The minimum atomic E-state index is 0.0129. The maximum Gasteiger partial charge on any atom is 0.225 e. The lowest BCUT2D eigenvalue weighted by Crippen LogP contribution is -2.46. The number of carbonyl (C=O) groups is 1. The van der Waals surface area contributed by atoms with Gasteiger partial charge in [-0.15, -0.1) is 0 Å². The second kappa shape index (κ2) is 6.29. The Hall–Kier alpha value is -1.55. The zero-order valence-corrected chi connectivity index (χ0v) is 13.5. The second-order valence-corrected chi connectivity index (χ2v) is 6.80. The van der Waals surface area contributed by atoms with E-state index in [9.17, 15) is 4.79 Å². The van der Waals surface area contributed by atoms with Crippen LogP contribution < -0.4 is 15.8 Å². The highest BCUT2D eigenvalue weighted by atomic mass is 16.5. The first-order valence-corrected chi connectivity index (χ1v) is 8.30.